The van der Waals surface area contributed by atoms with Crippen LogP contribution in [0.15, 0.2) is 98.0 Å². The van der Waals surface area contributed by atoms with Crippen LogP contribution < -0.4 is 0 Å². The first-order valence-corrected chi connectivity index (χ1v) is 13.5. The van der Waals surface area contributed by atoms with Crippen molar-refractivity contribution in [2.24, 2.45) is 0 Å². The summed E-state index contributed by atoms with van der Waals surface area (Å²) in [5, 5.41) is 8.86. The molecule has 0 radical (unpaired) electrons. The lowest BCUT2D eigenvalue weighted by atomic mass is 9.97. The van der Waals surface area contributed by atoms with Crippen LogP contribution in [-0.4, -0.2) is 51.5 Å². The highest BCUT2D eigenvalue weighted by atomic mass is 15.3. The van der Waals surface area contributed by atoms with E-state index in [2.05, 4.69) is 107 Å². The largest absolute Gasteiger partial charge is 0.342 e. The lowest BCUT2D eigenvalue weighted by Gasteiger charge is -2.37. The number of nitrogens with one attached hydrogen (secondary N) is 1. The number of benzene rings is 3. The predicted octanol–water partition coefficient (Wildman–Crippen LogP) is 7.02. The molecule has 1 aromatic heterocycles. The first-order chi connectivity index (χ1) is 18.5. The molecular weight excluding hydrogens is 466 g/mol. The molecule has 194 valence electrons. The average molecular weight is 504 g/mol. The van der Waals surface area contributed by atoms with Crippen molar-refractivity contribution < 1.29 is 0 Å². The molecule has 0 spiro atoms. The third-order valence-corrected chi connectivity index (χ3v) is 7.70. The summed E-state index contributed by atoms with van der Waals surface area (Å²) < 4.78 is 1.84. The summed E-state index contributed by atoms with van der Waals surface area (Å²) in [5.74, 6) is 0.465. The zero-order chi connectivity index (χ0) is 26.5. The van der Waals surface area contributed by atoms with E-state index < -0.39 is 0 Å². The Hall–Kier alpha value is -3.96. The van der Waals surface area contributed by atoms with Crippen molar-refractivity contribution in [2.75, 3.05) is 20.1 Å². The van der Waals surface area contributed by atoms with Crippen molar-refractivity contribution in [3.63, 3.8) is 0 Å². The molecule has 1 fully saturated rings. The second kappa shape index (κ2) is 11.6. The molecule has 1 N–H and O–H groups in total. The van der Waals surface area contributed by atoms with Gasteiger partial charge in [0.05, 0.1) is 5.69 Å². The fourth-order valence-corrected chi connectivity index (χ4v) is 5.23. The molecular formula is C33H37N5. The monoisotopic (exact) mass is 503 g/mol. The zero-order valence-corrected chi connectivity index (χ0v) is 22.5. The van der Waals surface area contributed by atoms with Gasteiger partial charge in [-0.1, -0.05) is 80.2 Å². The number of piperidine rings is 1. The van der Waals surface area contributed by atoms with Gasteiger partial charge in [0.25, 0.3) is 0 Å². The van der Waals surface area contributed by atoms with Crippen molar-refractivity contribution in [1.82, 2.24) is 19.4 Å². The van der Waals surface area contributed by atoms with E-state index in [9.17, 15) is 0 Å². The smallest absolute Gasteiger partial charge is 0.203 e. The average Bonchev–Trinajstić information content (AvgIpc) is 3.48. The Morgan fingerprint density at radius 1 is 0.947 bits per heavy atom. The fraction of sp³-hybridized carbons (Fsp3) is 0.273. The van der Waals surface area contributed by atoms with Crippen molar-refractivity contribution in [1.29, 1.82) is 5.41 Å². The molecule has 5 nitrogen and oxygen atoms in total. The lowest BCUT2D eigenvalue weighted by Crippen LogP contribution is -2.46. The number of allylic oxidation sites excluding steroid dienone is 1. The molecule has 0 bridgehead atoms. The molecule has 0 saturated carbocycles. The summed E-state index contributed by atoms with van der Waals surface area (Å²) in [6, 6.07) is 28.1. The van der Waals surface area contributed by atoms with Crippen LogP contribution >= 0.6 is 0 Å². The van der Waals surface area contributed by atoms with E-state index in [1.54, 1.807) is 6.33 Å². The molecule has 0 aliphatic carbocycles. The molecule has 1 aliphatic heterocycles. The Bertz CT molecular complexity index is 1400. The van der Waals surface area contributed by atoms with Crippen LogP contribution in [0, 0.1) is 5.41 Å². The van der Waals surface area contributed by atoms with Gasteiger partial charge in [0.1, 0.15) is 6.33 Å². The van der Waals surface area contributed by atoms with Gasteiger partial charge in [0.15, 0.2) is 0 Å². The van der Waals surface area contributed by atoms with Gasteiger partial charge in [-0.25, -0.2) is 4.98 Å². The maximum atomic E-state index is 8.86. The predicted molar refractivity (Wildman–Crippen MR) is 158 cm³/mol. The molecule has 0 amide bonds. The minimum atomic E-state index is 0.355. The topological polar surface area (TPSA) is 48.2 Å². The van der Waals surface area contributed by atoms with Gasteiger partial charge in [-0.05, 0) is 59.2 Å². The van der Waals surface area contributed by atoms with Crippen molar-refractivity contribution >= 4 is 11.5 Å². The first kappa shape index (κ1) is 25.7. The normalized spacial score (nSPS) is 14.4. The van der Waals surface area contributed by atoms with Gasteiger partial charge in [0, 0.05) is 44.5 Å². The maximum Gasteiger partial charge on any atom is 0.203 e. The number of imidazole rings is 1. The van der Waals surface area contributed by atoms with Crippen LogP contribution in [0.3, 0.4) is 0 Å². The van der Waals surface area contributed by atoms with Crippen LogP contribution in [0.25, 0.3) is 28.0 Å². The standard InChI is InChI=1S/C33H37N5/c1-4-25(2)27-12-8-13-28(20-27)29-14-9-15-30(21-29)32-23-38(24-35-32)33(34)36(3)31-16-18-37(19-17-31)22-26-10-6-5-7-11-26/h5-15,20-21,23-24,31,34H,2,4,16-19,22H2,1,3H3. The van der Waals surface area contributed by atoms with Gasteiger partial charge >= 0.3 is 0 Å². The molecule has 3 aromatic carbocycles. The Labute approximate surface area is 226 Å². The fourth-order valence-electron chi connectivity index (χ4n) is 5.23. The zero-order valence-electron chi connectivity index (χ0n) is 22.5. The van der Waals surface area contributed by atoms with Gasteiger partial charge < -0.3 is 4.90 Å². The maximum absolute atomic E-state index is 8.86. The minimum absolute atomic E-state index is 0.355. The van der Waals surface area contributed by atoms with E-state index in [1.807, 2.05) is 17.8 Å². The molecule has 38 heavy (non-hydrogen) atoms. The quantitative estimate of drug-likeness (QED) is 0.218. The van der Waals surface area contributed by atoms with Crippen LogP contribution in [0.1, 0.15) is 37.3 Å². The molecule has 0 unspecified atom stereocenters. The summed E-state index contributed by atoms with van der Waals surface area (Å²) in [4.78, 5) is 9.28. The third kappa shape index (κ3) is 5.79. The number of likely N-dealkylation sites (tertiary alicyclic amines) is 1. The van der Waals surface area contributed by atoms with Gasteiger partial charge in [-0.3, -0.25) is 14.9 Å². The summed E-state index contributed by atoms with van der Waals surface area (Å²) in [7, 11) is 2.04. The summed E-state index contributed by atoms with van der Waals surface area (Å²) >= 11 is 0. The van der Waals surface area contributed by atoms with E-state index in [0.717, 1.165) is 61.3 Å². The highest BCUT2D eigenvalue weighted by molar-refractivity contribution is 5.81. The molecule has 2 heterocycles. The summed E-state index contributed by atoms with van der Waals surface area (Å²) in [5.41, 5.74) is 7.93. The Morgan fingerprint density at radius 3 is 2.37 bits per heavy atom. The number of hydrogen-bond donors (Lipinski definition) is 1. The second-order valence-corrected chi connectivity index (χ2v) is 10.2. The van der Waals surface area contributed by atoms with E-state index in [4.69, 9.17) is 5.41 Å². The lowest BCUT2D eigenvalue weighted by molar-refractivity contribution is 0.157. The van der Waals surface area contributed by atoms with Crippen LogP contribution in [-0.2, 0) is 6.54 Å². The van der Waals surface area contributed by atoms with Gasteiger partial charge in [-0.2, -0.15) is 0 Å². The SMILES string of the molecule is C=C(CC)c1cccc(-c2cccc(-c3cn(C(=N)N(C)C4CCN(Cc5ccccc5)CC4)cn3)c2)c1. The summed E-state index contributed by atoms with van der Waals surface area (Å²) in [6.07, 6.45) is 6.78. The minimum Gasteiger partial charge on any atom is -0.342 e. The summed E-state index contributed by atoms with van der Waals surface area (Å²) in [6.45, 7) is 9.42. The molecule has 4 aromatic rings. The Balaban J connectivity index is 1.24. The number of rotatable bonds is 7. The third-order valence-electron chi connectivity index (χ3n) is 7.70. The number of hydrogen-bond acceptors (Lipinski definition) is 3. The molecule has 0 atom stereocenters. The molecule has 1 saturated heterocycles. The second-order valence-electron chi connectivity index (χ2n) is 10.2. The number of nitrogens with zero attached hydrogens (tertiary/aromatic N) is 4. The van der Waals surface area contributed by atoms with Crippen LogP contribution in [0.4, 0.5) is 0 Å². The first-order valence-electron chi connectivity index (χ1n) is 13.5. The van der Waals surface area contributed by atoms with Crippen LogP contribution in [0.2, 0.25) is 0 Å². The van der Waals surface area contributed by atoms with E-state index in [0.29, 0.717) is 12.0 Å². The van der Waals surface area contributed by atoms with Gasteiger partial charge in [0.2, 0.25) is 5.96 Å². The van der Waals surface area contributed by atoms with E-state index in [-0.39, 0.29) is 0 Å². The van der Waals surface area contributed by atoms with E-state index >= 15 is 0 Å². The molecule has 5 rings (SSSR count). The van der Waals surface area contributed by atoms with E-state index in [1.165, 1.54) is 16.7 Å². The van der Waals surface area contributed by atoms with Crippen molar-refractivity contribution in [2.45, 2.75) is 38.8 Å². The molecule has 1 aliphatic rings. The van der Waals surface area contributed by atoms with Gasteiger partial charge in [-0.15, -0.1) is 0 Å². The van der Waals surface area contributed by atoms with Crippen molar-refractivity contribution in [3.05, 3.63) is 109 Å². The highest BCUT2D eigenvalue weighted by Gasteiger charge is 2.25. The number of aromatic nitrogens is 2. The Morgan fingerprint density at radius 2 is 1.63 bits per heavy atom. The van der Waals surface area contributed by atoms with Crippen LogP contribution in [0.5, 0.6) is 0 Å². The van der Waals surface area contributed by atoms with Crippen molar-refractivity contribution in [3.8, 4) is 22.4 Å². The highest BCUT2D eigenvalue weighted by Crippen LogP contribution is 2.28. The Kier molecular flexibility index (Phi) is 7.85. The molecule has 5 heteroatoms.